The van der Waals surface area contributed by atoms with Gasteiger partial charge in [-0.15, -0.1) is 0 Å². The van der Waals surface area contributed by atoms with E-state index in [0.717, 1.165) is 18.2 Å². The minimum Gasteiger partial charge on any atom is -0.327 e. The lowest BCUT2D eigenvalue weighted by molar-refractivity contribution is 0.187. The molecular formula is C13H28N2S. The van der Waals surface area contributed by atoms with Crippen molar-refractivity contribution in [2.45, 2.75) is 58.4 Å². The van der Waals surface area contributed by atoms with Gasteiger partial charge in [0, 0.05) is 29.6 Å². The maximum Gasteiger partial charge on any atom is 0.0184 e. The molecule has 0 radical (unpaired) electrons. The lowest BCUT2D eigenvalue weighted by Crippen LogP contribution is -2.47. The van der Waals surface area contributed by atoms with Crippen LogP contribution in [-0.2, 0) is 0 Å². The van der Waals surface area contributed by atoms with E-state index in [9.17, 15) is 0 Å². The van der Waals surface area contributed by atoms with E-state index >= 15 is 0 Å². The van der Waals surface area contributed by atoms with Gasteiger partial charge in [0.15, 0.2) is 0 Å². The molecule has 1 aliphatic rings. The molecule has 96 valence electrons. The Hall–Kier alpha value is 0.270. The maximum atomic E-state index is 6.22. The highest BCUT2D eigenvalue weighted by molar-refractivity contribution is 8.00. The predicted molar refractivity (Wildman–Crippen MR) is 75.0 cm³/mol. The van der Waals surface area contributed by atoms with Crippen molar-refractivity contribution in [3.8, 4) is 0 Å². The smallest absolute Gasteiger partial charge is 0.0184 e. The van der Waals surface area contributed by atoms with E-state index in [1.165, 1.54) is 12.3 Å². The summed E-state index contributed by atoms with van der Waals surface area (Å²) in [6.07, 6.45) is 1.12. The average Bonchev–Trinajstić information content (AvgIpc) is 2.18. The molecule has 3 heteroatoms. The second kappa shape index (κ2) is 5.74. The minimum absolute atomic E-state index is 0.236. The molecule has 2 N–H and O–H groups in total. The molecule has 0 spiro atoms. The molecule has 2 nitrogen and oxygen atoms in total. The van der Waals surface area contributed by atoms with Gasteiger partial charge in [0.05, 0.1) is 0 Å². The second-order valence-corrected chi connectivity index (χ2v) is 7.60. The third-order valence-electron chi connectivity index (χ3n) is 3.85. The second-order valence-electron chi connectivity index (χ2n) is 6.11. The number of thioether (sulfide) groups is 1. The van der Waals surface area contributed by atoms with Gasteiger partial charge in [-0.2, -0.15) is 11.8 Å². The van der Waals surface area contributed by atoms with Crippen molar-refractivity contribution >= 4 is 11.8 Å². The third kappa shape index (κ3) is 3.94. The largest absolute Gasteiger partial charge is 0.327 e. The Bertz CT molecular complexity index is 212. The Labute approximate surface area is 105 Å². The zero-order chi connectivity index (χ0) is 12.3. The van der Waals surface area contributed by atoms with Crippen LogP contribution in [0, 0.1) is 5.41 Å². The predicted octanol–water partition coefficient (Wildman–Crippen LogP) is 2.58. The molecule has 0 aromatic rings. The number of nitrogens with two attached hydrogens (primary N) is 1. The molecule has 3 unspecified atom stereocenters. The van der Waals surface area contributed by atoms with Gasteiger partial charge in [-0.3, -0.25) is 4.90 Å². The van der Waals surface area contributed by atoms with E-state index in [1.807, 2.05) is 0 Å². The molecule has 0 aromatic heterocycles. The van der Waals surface area contributed by atoms with E-state index in [1.54, 1.807) is 0 Å². The summed E-state index contributed by atoms with van der Waals surface area (Å²) in [5.41, 5.74) is 6.45. The van der Waals surface area contributed by atoms with Crippen LogP contribution < -0.4 is 5.73 Å². The fourth-order valence-electron chi connectivity index (χ4n) is 2.05. The van der Waals surface area contributed by atoms with Gasteiger partial charge in [-0.05, 0) is 25.3 Å². The Morgan fingerprint density at radius 1 is 1.38 bits per heavy atom. The summed E-state index contributed by atoms with van der Waals surface area (Å²) < 4.78 is 0. The standard InChI is InChI=1S/C13H28N2S/c1-10-11(2)16-9-8-15(10)7-6-12(14)13(3,4)5/h10-12H,6-9,14H2,1-5H3. The van der Waals surface area contributed by atoms with E-state index in [0.29, 0.717) is 12.1 Å². The zero-order valence-corrected chi connectivity index (χ0v) is 12.3. The maximum absolute atomic E-state index is 6.22. The minimum atomic E-state index is 0.236. The average molecular weight is 244 g/mol. The van der Waals surface area contributed by atoms with Gasteiger partial charge in [-0.25, -0.2) is 0 Å². The summed E-state index contributed by atoms with van der Waals surface area (Å²) in [6, 6.07) is 1.01. The lowest BCUT2D eigenvalue weighted by Gasteiger charge is -2.39. The highest BCUT2D eigenvalue weighted by atomic mass is 32.2. The normalized spacial score (nSPS) is 30.4. The summed E-state index contributed by atoms with van der Waals surface area (Å²) in [6.45, 7) is 13.8. The molecule has 1 fully saturated rings. The fraction of sp³-hybridized carbons (Fsp3) is 1.00. The molecule has 0 bridgehead atoms. The van der Waals surface area contributed by atoms with E-state index in [-0.39, 0.29) is 5.41 Å². The van der Waals surface area contributed by atoms with Crippen LogP contribution in [0.2, 0.25) is 0 Å². The fourth-order valence-corrected chi connectivity index (χ4v) is 3.21. The SMILES string of the molecule is CC1SCCN(CCC(N)C(C)(C)C)C1C. The molecule has 0 saturated carbocycles. The molecule has 1 heterocycles. The van der Waals surface area contributed by atoms with Crippen molar-refractivity contribution < 1.29 is 0 Å². The van der Waals surface area contributed by atoms with Crippen LogP contribution in [-0.4, -0.2) is 41.1 Å². The summed E-state index contributed by atoms with van der Waals surface area (Å²) in [4.78, 5) is 2.60. The van der Waals surface area contributed by atoms with Crippen LogP contribution >= 0.6 is 11.8 Å². The number of hydrogen-bond donors (Lipinski definition) is 1. The molecule has 16 heavy (non-hydrogen) atoms. The first kappa shape index (κ1) is 14.3. The summed E-state index contributed by atoms with van der Waals surface area (Å²) in [5, 5.41) is 0.764. The van der Waals surface area contributed by atoms with Gasteiger partial charge in [0.1, 0.15) is 0 Å². The first-order valence-corrected chi connectivity index (χ1v) is 7.48. The summed E-state index contributed by atoms with van der Waals surface area (Å²) >= 11 is 2.10. The zero-order valence-electron chi connectivity index (χ0n) is 11.5. The van der Waals surface area contributed by atoms with Gasteiger partial charge < -0.3 is 5.73 Å². The first-order valence-electron chi connectivity index (χ1n) is 6.43. The van der Waals surface area contributed by atoms with Crippen molar-refractivity contribution in [3.05, 3.63) is 0 Å². The third-order valence-corrected chi connectivity index (χ3v) is 5.19. The summed E-state index contributed by atoms with van der Waals surface area (Å²) in [7, 11) is 0. The van der Waals surface area contributed by atoms with Gasteiger partial charge in [0.25, 0.3) is 0 Å². The van der Waals surface area contributed by atoms with Crippen molar-refractivity contribution in [1.29, 1.82) is 0 Å². The van der Waals surface area contributed by atoms with Crippen LogP contribution in [0.15, 0.2) is 0 Å². The van der Waals surface area contributed by atoms with E-state index < -0.39 is 0 Å². The van der Waals surface area contributed by atoms with E-state index in [2.05, 4.69) is 51.3 Å². The highest BCUT2D eigenvalue weighted by Crippen LogP contribution is 2.25. The Kier molecular flexibility index (Phi) is 5.14. The van der Waals surface area contributed by atoms with Crippen molar-refractivity contribution in [1.82, 2.24) is 4.90 Å². The number of rotatable bonds is 3. The van der Waals surface area contributed by atoms with E-state index in [4.69, 9.17) is 5.73 Å². The Morgan fingerprint density at radius 2 is 2.00 bits per heavy atom. The van der Waals surface area contributed by atoms with Gasteiger partial charge in [0.2, 0.25) is 0 Å². The first-order chi connectivity index (χ1) is 7.32. The number of nitrogens with zero attached hydrogens (tertiary/aromatic N) is 1. The molecule has 0 aromatic carbocycles. The molecular weight excluding hydrogens is 216 g/mol. The number of hydrogen-bond acceptors (Lipinski definition) is 3. The Morgan fingerprint density at radius 3 is 2.56 bits per heavy atom. The van der Waals surface area contributed by atoms with Crippen molar-refractivity contribution in [2.24, 2.45) is 11.1 Å². The van der Waals surface area contributed by atoms with Gasteiger partial charge in [-0.1, -0.05) is 27.7 Å². The Balaban J connectivity index is 2.37. The molecule has 3 atom stereocenters. The van der Waals surface area contributed by atoms with Crippen molar-refractivity contribution in [3.63, 3.8) is 0 Å². The monoisotopic (exact) mass is 244 g/mol. The van der Waals surface area contributed by atoms with Crippen LogP contribution in [0.3, 0.4) is 0 Å². The van der Waals surface area contributed by atoms with Crippen LogP contribution in [0.25, 0.3) is 0 Å². The molecule has 1 rings (SSSR count). The lowest BCUT2D eigenvalue weighted by atomic mass is 9.85. The molecule has 1 saturated heterocycles. The topological polar surface area (TPSA) is 29.3 Å². The van der Waals surface area contributed by atoms with Crippen LogP contribution in [0.4, 0.5) is 0 Å². The summed E-state index contributed by atoms with van der Waals surface area (Å²) in [5.74, 6) is 1.27. The van der Waals surface area contributed by atoms with Crippen LogP contribution in [0.5, 0.6) is 0 Å². The van der Waals surface area contributed by atoms with Crippen molar-refractivity contribution in [2.75, 3.05) is 18.8 Å². The molecule has 1 aliphatic heterocycles. The highest BCUT2D eigenvalue weighted by Gasteiger charge is 2.27. The molecule has 0 aliphatic carbocycles. The van der Waals surface area contributed by atoms with Crippen LogP contribution in [0.1, 0.15) is 41.0 Å². The quantitative estimate of drug-likeness (QED) is 0.827. The molecule has 0 amide bonds. The van der Waals surface area contributed by atoms with Gasteiger partial charge >= 0.3 is 0 Å².